The lowest BCUT2D eigenvalue weighted by molar-refractivity contribution is 0.483. The van der Waals surface area contributed by atoms with Gasteiger partial charge in [-0.25, -0.2) is 0 Å². The van der Waals surface area contributed by atoms with Crippen molar-refractivity contribution < 1.29 is 13.0 Å². The second kappa shape index (κ2) is 5.66. The number of benzene rings is 1. The maximum atomic E-state index is 10.8. The van der Waals surface area contributed by atoms with Gasteiger partial charge in [-0.05, 0) is 30.5 Å². The summed E-state index contributed by atoms with van der Waals surface area (Å²) in [6.07, 6.45) is 2.67. The van der Waals surface area contributed by atoms with E-state index in [2.05, 4.69) is 6.92 Å². The van der Waals surface area contributed by atoms with Crippen LogP contribution in [0, 0.1) is 0 Å². The van der Waals surface area contributed by atoms with Crippen LogP contribution in [0.25, 0.3) is 0 Å². The zero-order valence-electron chi connectivity index (χ0n) is 9.06. The zero-order chi connectivity index (χ0) is 12.2. The summed E-state index contributed by atoms with van der Waals surface area (Å²) in [5, 5.41) is 0.0709. The highest BCUT2D eigenvalue weighted by Gasteiger charge is 2.10. The summed E-state index contributed by atoms with van der Waals surface area (Å²) in [6.45, 7) is 2.07. The summed E-state index contributed by atoms with van der Waals surface area (Å²) < 4.78 is 30.4. The van der Waals surface area contributed by atoms with Crippen molar-refractivity contribution in [1.82, 2.24) is 0 Å². The number of halogens is 1. The SMILES string of the molecule is CCCC(Cl)Cc1ccc(S(=O)(=O)O)cc1. The zero-order valence-corrected chi connectivity index (χ0v) is 10.6. The van der Waals surface area contributed by atoms with E-state index in [0.717, 1.165) is 18.4 Å². The molecule has 0 aliphatic rings. The van der Waals surface area contributed by atoms with Crippen LogP contribution in [0.3, 0.4) is 0 Å². The van der Waals surface area contributed by atoms with Gasteiger partial charge in [-0.3, -0.25) is 4.55 Å². The minimum absolute atomic E-state index is 0.0709. The molecular formula is C11H15ClO3S. The summed E-state index contributed by atoms with van der Waals surface area (Å²) in [7, 11) is -4.09. The fourth-order valence-corrected chi connectivity index (χ4v) is 2.34. The highest BCUT2D eigenvalue weighted by molar-refractivity contribution is 7.85. The Labute approximate surface area is 101 Å². The van der Waals surface area contributed by atoms with Gasteiger partial charge < -0.3 is 0 Å². The Balaban J connectivity index is 2.72. The molecule has 0 saturated heterocycles. The smallest absolute Gasteiger partial charge is 0.282 e. The van der Waals surface area contributed by atoms with E-state index in [1.807, 2.05) is 0 Å². The minimum Gasteiger partial charge on any atom is -0.282 e. The molecule has 0 aliphatic heterocycles. The topological polar surface area (TPSA) is 54.4 Å². The highest BCUT2D eigenvalue weighted by atomic mass is 35.5. The predicted molar refractivity (Wildman–Crippen MR) is 64.5 cm³/mol. The monoisotopic (exact) mass is 262 g/mol. The number of rotatable bonds is 5. The van der Waals surface area contributed by atoms with Crippen molar-refractivity contribution in [2.75, 3.05) is 0 Å². The van der Waals surface area contributed by atoms with Crippen molar-refractivity contribution in [1.29, 1.82) is 0 Å². The van der Waals surface area contributed by atoms with E-state index in [0.29, 0.717) is 6.42 Å². The van der Waals surface area contributed by atoms with Crippen molar-refractivity contribution in [2.45, 2.75) is 36.5 Å². The minimum atomic E-state index is -4.09. The fourth-order valence-electron chi connectivity index (χ4n) is 1.47. The van der Waals surface area contributed by atoms with Crippen molar-refractivity contribution in [3.8, 4) is 0 Å². The van der Waals surface area contributed by atoms with Crippen LogP contribution >= 0.6 is 11.6 Å². The Bertz CT molecular complexity index is 425. The number of hydrogen-bond acceptors (Lipinski definition) is 2. The third kappa shape index (κ3) is 4.12. The van der Waals surface area contributed by atoms with Crippen molar-refractivity contribution in [3.05, 3.63) is 29.8 Å². The molecule has 0 radical (unpaired) electrons. The van der Waals surface area contributed by atoms with Gasteiger partial charge in [-0.1, -0.05) is 25.5 Å². The first-order valence-electron chi connectivity index (χ1n) is 5.14. The molecule has 1 aromatic carbocycles. The van der Waals surface area contributed by atoms with E-state index < -0.39 is 10.1 Å². The lowest BCUT2D eigenvalue weighted by Gasteiger charge is -2.08. The highest BCUT2D eigenvalue weighted by Crippen LogP contribution is 2.15. The third-order valence-electron chi connectivity index (χ3n) is 2.28. The molecule has 1 aromatic rings. The molecule has 0 saturated carbocycles. The second-order valence-electron chi connectivity index (χ2n) is 3.71. The molecule has 1 unspecified atom stereocenters. The molecule has 0 heterocycles. The normalized spacial score (nSPS) is 13.7. The van der Waals surface area contributed by atoms with Gasteiger partial charge in [0.1, 0.15) is 0 Å². The fraction of sp³-hybridized carbons (Fsp3) is 0.455. The molecule has 1 rings (SSSR count). The summed E-state index contributed by atoms with van der Waals surface area (Å²) >= 11 is 6.08. The maximum absolute atomic E-state index is 10.8. The standard InChI is InChI=1S/C11H15ClO3S/c1-2-3-10(12)8-9-4-6-11(7-5-9)16(13,14)15/h4-7,10H,2-3,8H2,1H3,(H,13,14,15). The van der Waals surface area contributed by atoms with E-state index in [4.69, 9.17) is 16.2 Å². The molecule has 3 nitrogen and oxygen atoms in total. The van der Waals surface area contributed by atoms with Crippen LogP contribution in [0.5, 0.6) is 0 Å². The Morgan fingerprint density at radius 1 is 1.31 bits per heavy atom. The number of hydrogen-bond donors (Lipinski definition) is 1. The van der Waals surface area contributed by atoms with Crippen LogP contribution in [0.2, 0.25) is 0 Å². The molecule has 0 bridgehead atoms. The average Bonchev–Trinajstić information content (AvgIpc) is 2.17. The molecule has 0 aliphatic carbocycles. The summed E-state index contributed by atoms with van der Waals surface area (Å²) in [5.74, 6) is 0. The first-order valence-corrected chi connectivity index (χ1v) is 7.01. The van der Waals surface area contributed by atoms with Crippen LogP contribution in [-0.4, -0.2) is 18.3 Å². The van der Waals surface area contributed by atoms with Crippen LogP contribution in [0.15, 0.2) is 29.2 Å². The second-order valence-corrected chi connectivity index (χ2v) is 5.75. The van der Waals surface area contributed by atoms with E-state index in [1.165, 1.54) is 12.1 Å². The molecule has 0 spiro atoms. The van der Waals surface area contributed by atoms with Crippen molar-refractivity contribution >= 4 is 21.7 Å². The lowest BCUT2D eigenvalue weighted by atomic mass is 10.1. The molecule has 0 amide bonds. The first-order chi connectivity index (χ1) is 7.43. The molecule has 0 fully saturated rings. The van der Waals surface area contributed by atoms with Gasteiger partial charge in [0.15, 0.2) is 0 Å². The summed E-state index contributed by atoms with van der Waals surface area (Å²) in [4.78, 5) is -0.0853. The molecule has 16 heavy (non-hydrogen) atoms. The van der Waals surface area contributed by atoms with E-state index in [9.17, 15) is 8.42 Å². The van der Waals surface area contributed by atoms with Gasteiger partial charge in [-0.15, -0.1) is 11.6 Å². The Hall–Kier alpha value is -0.580. The van der Waals surface area contributed by atoms with Gasteiger partial charge in [-0.2, -0.15) is 8.42 Å². The van der Waals surface area contributed by atoms with Crippen LogP contribution in [0.1, 0.15) is 25.3 Å². The quantitative estimate of drug-likeness (QED) is 0.656. The molecule has 5 heteroatoms. The van der Waals surface area contributed by atoms with Gasteiger partial charge in [0.2, 0.25) is 0 Å². The predicted octanol–water partition coefficient (Wildman–Crippen LogP) is 2.88. The van der Waals surface area contributed by atoms with Crippen molar-refractivity contribution in [3.63, 3.8) is 0 Å². The first kappa shape index (κ1) is 13.5. The van der Waals surface area contributed by atoms with E-state index in [-0.39, 0.29) is 10.3 Å². The Kier molecular flexibility index (Phi) is 4.77. The molecule has 1 atom stereocenters. The largest absolute Gasteiger partial charge is 0.294 e. The van der Waals surface area contributed by atoms with Crippen molar-refractivity contribution in [2.24, 2.45) is 0 Å². The number of alkyl halides is 1. The van der Waals surface area contributed by atoms with E-state index in [1.54, 1.807) is 12.1 Å². The van der Waals surface area contributed by atoms with Crippen LogP contribution < -0.4 is 0 Å². The van der Waals surface area contributed by atoms with E-state index >= 15 is 0 Å². The van der Waals surface area contributed by atoms with Crippen LogP contribution in [0.4, 0.5) is 0 Å². The van der Waals surface area contributed by atoms with Gasteiger partial charge in [0, 0.05) is 5.38 Å². The molecule has 0 aromatic heterocycles. The Morgan fingerprint density at radius 2 is 1.88 bits per heavy atom. The van der Waals surface area contributed by atoms with Gasteiger partial charge >= 0.3 is 0 Å². The summed E-state index contributed by atoms with van der Waals surface area (Å²) in [5.41, 5.74) is 0.973. The summed E-state index contributed by atoms with van der Waals surface area (Å²) in [6, 6.07) is 6.13. The Morgan fingerprint density at radius 3 is 2.31 bits per heavy atom. The molecule has 90 valence electrons. The maximum Gasteiger partial charge on any atom is 0.294 e. The average molecular weight is 263 g/mol. The van der Waals surface area contributed by atoms with Gasteiger partial charge in [0.05, 0.1) is 4.90 Å². The van der Waals surface area contributed by atoms with Crippen LogP contribution in [-0.2, 0) is 16.5 Å². The van der Waals surface area contributed by atoms with Gasteiger partial charge in [0.25, 0.3) is 10.1 Å². The lowest BCUT2D eigenvalue weighted by Crippen LogP contribution is -2.03. The molecular weight excluding hydrogens is 248 g/mol. The molecule has 1 N–H and O–H groups in total. The third-order valence-corrected chi connectivity index (χ3v) is 3.52.